The Morgan fingerprint density at radius 1 is 1.05 bits per heavy atom. The number of benzene rings is 2. The second-order valence-corrected chi connectivity index (χ2v) is 4.54. The highest BCUT2D eigenvalue weighted by atomic mass is 16.5. The summed E-state index contributed by atoms with van der Waals surface area (Å²) in [7, 11) is 1.55. The van der Waals surface area contributed by atoms with Gasteiger partial charge in [0.15, 0.2) is 5.78 Å². The second-order valence-electron chi connectivity index (χ2n) is 4.54. The number of nitrogens with one attached hydrogen (secondary N) is 1. The van der Waals surface area contributed by atoms with Gasteiger partial charge in [-0.2, -0.15) is 0 Å². The Balaban J connectivity index is 2.07. The molecule has 0 heterocycles. The standard InChI is InChI=1S/C18H15NO3/c1-13(20)14-7-10-16(11-8-14)19-18(21)12-9-15-5-3-4-6-17(15)22-2/h3-8,10-11H,1-2H3,(H,19,21). The van der Waals surface area contributed by atoms with Crippen LogP contribution >= 0.6 is 0 Å². The fourth-order valence-electron chi connectivity index (χ4n) is 1.82. The van der Waals surface area contributed by atoms with Gasteiger partial charge in [0.05, 0.1) is 12.7 Å². The first kappa shape index (κ1) is 15.3. The molecule has 0 spiro atoms. The van der Waals surface area contributed by atoms with Gasteiger partial charge in [0.25, 0.3) is 0 Å². The number of Topliss-reactive ketones (excluding diaryl/α,β-unsaturated/α-hetero) is 1. The van der Waals surface area contributed by atoms with E-state index in [9.17, 15) is 9.59 Å². The molecule has 0 aliphatic rings. The van der Waals surface area contributed by atoms with Crippen molar-refractivity contribution < 1.29 is 14.3 Å². The van der Waals surface area contributed by atoms with E-state index in [0.29, 0.717) is 22.6 Å². The molecule has 0 aromatic heterocycles. The predicted octanol–water partition coefficient (Wildman–Crippen LogP) is 2.89. The highest BCUT2D eigenvalue weighted by Crippen LogP contribution is 2.15. The third kappa shape index (κ3) is 3.97. The Morgan fingerprint density at radius 3 is 2.36 bits per heavy atom. The number of ether oxygens (including phenoxy) is 1. The molecule has 2 aromatic carbocycles. The van der Waals surface area contributed by atoms with E-state index < -0.39 is 5.91 Å². The van der Waals surface area contributed by atoms with Crippen LogP contribution in [0.3, 0.4) is 0 Å². The summed E-state index contributed by atoms with van der Waals surface area (Å²) in [5.74, 6) is 5.46. The molecule has 4 nitrogen and oxygen atoms in total. The van der Waals surface area contributed by atoms with Gasteiger partial charge in [0.1, 0.15) is 5.75 Å². The molecule has 0 saturated heterocycles. The van der Waals surface area contributed by atoms with Crippen molar-refractivity contribution in [3.8, 4) is 17.6 Å². The van der Waals surface area contributed by atoms with E-state index in [2.05, 4.69) is 17.2 Å². The summed E-state index contributed by atoms with van der Waals surface area (Å²) in [6.45, 7) is 1.49. The van der Waals surface area contributed by atoms with Crippen LogP contribution < -0.4 is 10.1 Å². The zero-order valence-corrected chi connectivity index (χ0v) is 12.3. The number of anilines is 1. The van der Waals surface area contributed by atoms with E-state index in [1.54, 1.807) is 43.5 Å². The van der Waals surface area contributed by atoms with Crippen LogP contribution in [0.5, 0.6) is 5.75 Å². The number of ketones is 1. The van der Waals surface area contributed by atoms with Crippen molar-refractivity contribution in [1.82, 2.24) is 0 Å². The zero-order chi connectivity index (χ0) is 15.9. The molecule has 0 fully saturated rings. The monoisotopic (exact) mass is 293 g/mol. The number of hydrogen-bond donors (Lipinski definition) is 1. The minimum absolute atomic E-state index is 0.0196. The SMILES string of the molecule is COc1ccccc1C#CC(=O)Nc1ccc(C(C)=O)cc1. The molecule has 22 heavy (non-hydrogen) atoms. The molecule has 2 aromatic rings. The Labute approximate surface area is 129 Å². The first-order valence-corrected chi connectivity index (χ1v) is 6.67. The average molecular weight is 293 g/mol. The lowest BCUT2D eigenvalue weighted by Crippen LogP contribution is -2.08. The van der Waals surface area contributed by atoms with Crippen molar-refractivity contribution in [2.24, 2.45) is 0 Å². The lowest BCUT2D eigenvalue weighted by molar-refractivity contribution is -0.111. The minimum Gasteiger partial charge on any atom is -0.495 e. The van der Waals surface area contributed by atoms with E-state index in [4.69, 9.17) is 4.74 Å². The maximum atomic E-state index is 11.8. The predicted molar refractivity (Wildman–Crippen MR) is 84.9 cm³/mol. The first-order chi connectivity index (χ1) is 10.6. The van der Waals surface area contributed by atoms with Gasteiger partial charge in [-0.05, 0) is 43.3 Å². The van der Waals surface area contributed by atoms with Crippen molar-refractivity contribution >= 4 is 17.4 Å². The largest absolute Gasteiger partial charge is 0.495 e. The summed E-state index contributed by atoms with van der Waals surface area (Å²) in [6, 6.07) is 13.9. The van der Waals surface area contributed by atoms with E-state index in [-0.39, 0.29) is 5.78 Å². The van der Waals surface area contributed by atoms with Crippen molar-refractivity contribution in [3.05, 3.63) is 59.7 Å². The molecule has 4 heteroatoms. The number of carbonyl (C=O) groups excluding carboxylic acids is 2. The average Bonchev–Trinajstić information content (AvgIpc) is 2.53. The number of para-hydroxylation sites is 1. The summed E-state index contributed by atoms with van der Waals surface area (Å²) in [4.78, 5) is 23.0. The minimum atomic E-state index is -0.429. The van der Waals surface area contributed by atoms with Crippen LogP contribution in [-0.2, 0) is 4.79 Å². The third-order valence-corrected chi connectivity index (χ3v) is 2.97. The smallest absolute Gasteiger partial charge is 0.300 e. The first-order valence-electron chi connectivity index (χ1n) is 6.67. The van der Waals surface area contributed by atoms with Crippen molar-refractivity contribution in [1.29, 1.82) is 0 Å². The van der Waals surface area contributed by atoms with E-state index in [1.165, 1.54) is 6.92 Å². The van der Waals surface area contributed by atoms with E-state index in [0.717, 1.165) is 0 Å². The Morgan fingerprint density at radius 2 is 1.73 bits per heavy atom. The summed E-state index contributed by atoms with van der Waals surface area (Å²) in [5, 5.41) is 2.65. The number of methoxy groups -OCH3 is 1. The summed E-state index contributed by atoms with van der Waals surface area (Å²) in [5.41, 5.74) is 1.83. The normalized spacial score (nSPS) is 9.36. The molecule has 1 amide bonds. The third-order valence-electron chi connectivity index (χ3n) is 2.97. The Kier molecular flexibility index (Phi) is 4.94. The molecule has 0 radical (unpaired) electrons. The molecule has 2 rings (SSSR count). The second kappa shape index (κ2) is 7.09. The number of amides is 1. The fourth-order valence-corrected chi connectivity index (χ4v) is 1.82. The summed E-state index contributed by atoms with van der Waals surface area (Å²) < 4.78 is 5.17. The lowest BCUT2D eigenvalue weighted by Gasteiger charge is -2.02. The zero-order valence-electron chi connectivity index (χ0n) is 12.3. The van der Waals surface area contributed by atoms with Gasteiger partial charge < -0.3 is 10.1 Å². The molecular weight excluding hydrogens is 278 g/mol. The highest BCUT2D eigenvalue weighted by molar-refractivity contribution is 6.04. The number of rotatable bonds is 3. The van der Waals surface area contributed by atoms with Crippen LogP contribution in [0, 0.1) is 11.8 Å². The van der Waals surface area contributed by atoms with Crippen LogP contribution in [-0.4, -0.2) is 18.8 Å². The topological polar surface area (TPSA) is 55.4 Å². The van der Waals surface area contributed by atoms with Gasteiger partial charge in [0, 0.05) is 17.2 Å². The molecule has 0 atom stereocenters. The summed E-state index contributed by atoms with van der Waals surface area (Å²) in [6.07, 6.45) is 0. The van der Waals surface area contributed by atoms with E-state index >= 15 is 0 Å². The van der Waals surface area contributed by atoms with Gasteiger partial charge in [0.2, 0.25) is 0 Å². The number of hydrogen-bond acceptors (Lipinski definition) is 3. The van der Waals surface area contributed by atoms with Crippen molar-refractivity contribution in [2.75, 3.05) is 12.4 Å². The molecule has 0 saturated carbocycles. The summed E-state index contributed by atoms with van der Waals surface area (Å²) >= 11 is 0. The van der Waals surface area contributed by atoms with Crippen LogP contribution in [0.1, 0.15) is 22.8 Å². The molecule has 1 N–H and O–H groups in total. The lowest BCUT2D eigenvalue weighted by atomic mass is 10.1. The fraction of sp³-hybridized carbons (Fsp3) is 0.111. The molecular formula is C18H15NO3. The molecule has 110 valence electrons. The highest BCUT2D eigenvalue weighted by Gasteiger charge is 2.02. The molecule has 0 unspecified atom stereocenters. The van der Waals surface area contributed by atoms with E-state index in [1.807, 2.05) is 12.1 Å². The quantitative estimate of drug-likeness (QED) is 0.699. The van der Waals surface area contributed by atoms with Crippen LogP contribution in [0.4, 0.5) is 5.69 Å². The number of carbonyl (C=O) groups is 2. The maximum Gasteiger partial charge on any atom is 0.300 e. The molecule has 0 aliphatic carbocycles. The van der Waals surface area contributed by atoms with Gasteiger partial charge >= 0.3 is 5.91 Å². The van der Waals surface area contributed by atoms with Crippen molar-refractivity contribution in [2.45, 2.75) is 6.92 Å². The van der Waals surface area contributed by atoms with Crippen LogP contribution in [0.15, 0.2) is 48.5 Å². The maximum absolute atomic E-state index is 11.8. The Hall–Kier alpha value is -3.06. The Bertz CT molecular complexity index is 752. The van der Waals surface area contributed by atoms with Crippen LogP contribution in [0.2, 0.25) is 0 Å². The van der Waals surface area contributed by atoms with Crippen molar-refractivity contribution in [3.63, 3.8) is 0 Å². The molecule has 0 aliphatic heterocycles. The van der Waals surface area contributed by atoms with Gasteiger partial charge in [-0.3, -0.25) is 9.59 Å². The van der Waals surface area contributed by atoms with Gasteiger partial charge in [-0.25, -0.2) is 0 Å². The van der Waals surface area contributed by atoms with Crippen LogP contribution in [0.25, 0.3) is 0 Å². The molecule has 0 bridgehead atoms. The van der Waals surface area contributed by atoms with Gasteiger partial charge in [-0.1, -0.05) is 18.1 Å². The van der Waals surface area contributed by atoms with Gasteiger partial charge in [-0.15, -0.1) is 0 Å².